The van der Waals surface area contributed by atoms with Crippen LogP contribution in [0.25, 0.3) is 0 Å². The molecule has 1 aliphatic heterocycles. The number of methoxy groups -OCH3 is 1. The Bertz CT molecular complexity index is 628. The van der Waals surface area contributed by atoms with Crippen LogP contribution in [0, 0.1) is 0 Å². The molecule has 1 saturated heterocycles. The molecule has 1 unspecified atom stereocenters. The van der Waals surface area contributed by atoms with Crippen molar-refractivity contribution in [1.82, 2.24) is 19.9 Å². The van der Waals surface area contributed by atoms with Crippen molar-refractivity contribution in [2.75, 3.05) is 38.8 Å². The summed E-state index contributed by atoms with van der Waals surface area (Å²) in [6, 6.07) is 6.08. The maximum Gasteiger partial charge on any atom is 0.225 e. The Balaban J connectivity index is 1.65. The second-order valence-electron chi connectivity index (χ2n) is 6.58. The monoisotopic (exact) mass is 341 g/mol. The predicted octanol–water partition coefficient (Wildman–Crippen LogP) is 2.68. The van der Waals surface area contributed by atoms with Crippen molar-refractivity contribution in [3.8, 4) is 0 Å². The number of piperidine rings is 1. The van der Waals surface area contributed by atoms with Gasteiger partial charge in [-0.2, -0.15) is 0 Å². The Morgan fingerprint density at radius 2 is 1.88 bits per heavy atom. The smallest absolute Gasteiger partial charge is 0.225 e. The van der Waals surface area contributed by atoms with Crippen molar-refractivity contribution in [3.63, 3.8) is 0 Å². The van der Waals surface area contributed by atoms with E-state index in [9.17, 15) is 0 Å². The van der Waals surface area contributed by atoms with Gasteiger partial charge in [0.1, 0.15) is 0 Å². The van der Waals surface area contributed by atoms with Crippen molar-refractivity contribution in [2.45, 2.75) is 31.8 Å². The molecule has 3 rings (SSSR count). The second kappa shape index (κ2) is 8.87. The standard InChI is InChI=1S/C19H27N5O/c1-23(18(15-25-2)17-8-4-5-9-20-17)14-16-12-21-19(22-13-16)24-10-6-3-7-11-24/h4-5,8-9,12-13,18H,3,6-7,10-11,14-15H2,1-2H3. The van der Waals surface area contributed by atoms with Crippen molar-refractivity contribution in [1.29, 1.82) is 0 Å². The van der Waals surface area contributed by atoms with E-state index in [0.717, 1.165) is 36.8 Å². The van der Waals surface area contributed by atoms with Crippen molar-refractivity contribution in [3.05, 3.63) is 48.0 Å². The summed E-state index contributed by atoms with van der Waals surface area (Å²) < 4.78 is 5.40. The van der Waals surface area contributed by atoms with E-state index in [1.165, 1.54) is 19.3 Å². The van der Waals surface area contributed by atoms with Gasteiger partial charge in [0, 0.05) is 50.9 Å². The van der Waals surface area contributed by atoms with E-state index in [4.69, 9.17) is 4.74 Å². The SMILES string of the molecule is COCC(c1ccccn1)N(C)Cc1cnc(N2CCCCC2)nc1. The Kier molecular flexibility index (Phi) is 6.30. The maximum atomic E-state index is 5.40. The normalized spacial score (nSPS) is 16.2. The largest absolute Gasteiger partial charge is 0.383 e. The third-order valence-electron chi connectivity index (χ3n) is 4.65. The molecule has 6 nitrogen and oxygen atoms in total. The summed E-state index contributed by atoms with van der Waals surface area (Å²) in [6.07, 6.45) is 9.48. The van der Waals surface area contributed by atoms with E-state index in [1.807, 2.05) is 36.8 Å². The minimum absolute atomic E-state index is 0.105. The third kappa shape index (κ3) is 4.74. The fraction of sp³-hybridized carbons (Fsp3) is 0.526. The Morgan fingerprint density at radius 1 is 1.12 bits per heavy atom. The lowest BCUT2D eigenvalue weighted by molar-refractivity contribution is 0.0999. The summed E-state index contributed by atoms with van der Waals surface area (Å²) in [6.45, 7) is 3.48. The van der Waals surface area contributed by atoms with Gasteiger partial charge in [-0.3, -0.25) is 9.88 Å². The Hall–Kier alpha value is -2.05. The average Bonchev–Trinajstić information content (AvgIpc) is 2.68. The molecule has 0 radical (unpaired) electrons. The van der Waals surface area contributed by atoms with Crippen molar-refractivity contribution < 1.29 is 4.74 Å². The number of hydrogen-bond acceptors (Lipinski definition) is 6. The zero-order valence-electron chi connectivity index (χ0n) is 15.1. The summed E-state index contributed by atoms with van der Waals surface area (Å²) in [4.78, 5) is 18.1. The van der Waals surface area contributed by atoms with Crippen LogP contribution in [-0.2, 0) is 11.3 Å². The number of aromatic nitrogens is 3. The summed E-state index contributed by atoms with van der Waals surface area (Å²) in [5, 5.41) is 0. The molecule has 2 aromatic rings. The first kappa shape index (κ1) is 17.8. The molecule has 25 heavy (non-hydrogen) atoms. The van der Waals surface area contributed by atoms with Crippen LogP contribution < -0.4 is 4.90 Å². The summed E-state index contributed by atoms with van der Waals surface area (Å²) in [5.41, 5.74) is 2.11. The molecule has 3 heterocycles. The van der Waals surface area contributed by atoms with Crippen molar-refractivity contribution >= 4 is 5.95 Å². The van der Waals surface area contributed by atoms with Crippen LogP contribution in [0.4, 0.5) is 5.95 Å². The van der Waals surface area contributed by atoms with Crippen molar-refractivity contribution in [2.24, 2.45) is 0 Å². The van der Waals surface area contributed by atoms with E-state index >= 15 is 0 Å². The van der Waals surface area contributed by atoms with E-state index in [0.29, 0.717) is 6.61 Å². The van der Waals surface area contributed by atoms with E-state index in [2.05, 4.69) is 31.8 Å². The van der Waals surface area contributed by atoms with Gasteiger partial charge in [-0.25, -0.2) is 9.97 Å². The van der Waals surface area contributed by atoms with Gasteiger partial charge in [-0.05, 0) is 38.4 Å². The highest BCUT2D eigenvalue weighted by molar-refractivity contribution is 5.30. The van der Waals surface area contributed by atoms with Gasteiger partial charge in [0.05, 0.1) is 18.3 Å². The number of hydrogen-bond donors (Lipinski definition) is 0. The lowest BCUT2D eigenvalue weighted by Crippen LogP contribution is -2.31. The molecule has 0 bridgehead atoms. The number of pyridine rings is 1. The van der Waals surface area contributed by atoms with Crippen LogP contribution in [0.15, 0.2) is 36.8 Å². The molecule has 1 aliphatic rings. The van der Waals surface area contributed by atoms with Gasteiger partial charge in [0.15, 0.2) is 0 Å². The number of likely N-dealkylation sites (N-methyl/N-ethyl adjacent to an activating group) is 1. The van der Waals surface area contributed by atoms with Gasteiger partial charge in [-0.1, -0.05) is 6.07 Å². The van der Waals surface area contributed by atoms with Crippen LogP contribution in [-0.4, -0.2) is 53.7 Å². The van der Waals surface area contributed by atoms with Gasteiger partial charge >= 0.3 is 0 Å². The van der Waals surface area contributed by atoms with E-state index in [-0.39, 0.29) is 6.04 Å². The zero-order valence-corrected chi connectivity index (χ0v) is 15.1. The van der Waals surface area contributed by atoms with Crippen LogP contribution in [0.3, 0.4) is 0 Å². The molecular formula is C19H27N5O. The Morgan fingerprint density at radius 3 is 2.52 bits per heavy atom. The van der Waals surface area contributed by atoms with Gasteiger partial charge in [-0.15, -0.1) is 0 Å². The van der Waals surface area contributed by atoms with Crippen LogP contribution in [0.1, 0.15) is 36.6 Å². The molecule has 0 spiro atoms. The average molecular weight is 341 g/mol. The first-order valence-corrected chi connectivity index (χ1v) is 8.94. The Labute approximate surface area is 149 Å². The lowest BCUT2D eigenvalue weighted by Gasteiger charge is -2.28. The summed E-state index contributed by atoms with van der Waals surface area (Å²) in [5.74, 6) is 0.851. The highest BCUT2D eigenvalue weighted by Crippen LogP contribution is 2.20. The minimum Gasteiger partial charge on any atom is -0.383 e. The zero-order chi connectivity index (χ0) is 17.5. The van der Waals surface area contributed by atoms with E-state index < -0.39 is 0 Å². The van der Waals surface area contributed by atoms with Gasteiger partial charge < -0.3 is 9.64 Å². The fourth-order valence-electron chi connectivity index (χ4n) is 3.25. The topological polar surface area (TPSA) is 54.4 Å². The lowest BCUT2D eigenvalue weighted by atomic mass is 10.1. The van der Waals surface area contributed by atoms with Crippen LogP contribution in [0.5, 0.6) is 0 Å². The highest BCUT2D eigenvalue weighted by atomic mass is 16.5. The summed E-state index contributed by atoms with van der Waals surface area (Å²) in [7, 11) is 3.80. The fourth-order valence-corrected chi connectivity index (χ4v) is 3.25. The van der Waals surface area contributed by atoms with Gasteiger partial charge in [0.2, 0.25) is 5.95 Å². The summed E-state index contributed by atoms with van der Waals surface area (Å²) >= 11 is 0. The highest BCUT2D eigenvalue weighted by Gasteiger charge is 2.19. The number of rotatable bonds is 7. The molecule has 0 aliphatic carbocycles. The molecular weight excluding hydrogens is 314 g/mol. The first-order chi connectivity index (χ1) is 12.3. The maximum absolute atomic E-state index is 5.40. The quantitative estimate of drug-likeness (QED) is 0.772. The third-order valence-corrected chi connectivity index (χ3v) is 4.65. The van der Waals surface area contributed by atoms with Gasteiger partial charge in [0.25, 0.3) is 0 Å². The molecule has 0 saturated carbocycles. The number of ether oxygens (including phenoxy) is 1. The second-order valence-corrected chi connectivity index (χ2v) is 6.58. The molecule has 0 aromatic carbocycles. The minimum atomic E-state index is 0.105. The van der Waals surface area contributed by atoms with Crippen LogP contribution in [0.2, 0.25) is 0 Å². The molecule has 1 fully saturated rings. The number of nitrogens with zero attached hydrogens (tertiary/aromatic N) is 5. The van der Waals surface area contributed by atoms with Crippen LogP contribution >= 0.6 is 0 Å². The molecule has 0 amide bonds. The predicted molar refractivity (Wildman–Crippen MR) is 98.4 cm³/mol. The molecule has 1 atom stereocenters. The molecule has 0 N–H and O–H groups in total. The first-order valence-electron chi connectivity index (χ1n) is 8.94. The van der Waals surface area contributed by atoms with E-state index in [1.54, 1.807) is 7.11 Å². The number of anilines is 1. The molecule has 6 heteroatoms. The molecule has 2 aromatic heterocycles. The molecule has 134 valence electrons.